The molecule has 8 heteroatoms. The molecule has 0 aliphatic carbocycles. The number of fused-ring (bicyclic) bond motifs is 1. The van der Waals surface area contributed by atoms with Gasteiger partial charge in [0.25, 0.3) is 5.91 Å². The van der Waals surface area contributed by atoms with Crippen molar-refractivity contribution in [3.05, 3.63) is 32.1 Å². The number of esters is 1. The maximum absolute atomic E-state index is 12.5. The van der Waals surface area contributed by atoms with E-state index in [9.17, 15) is 9.59 Å². The second-order valence-corrected chi connectivity index (χ2v) is 7.50. The molecule has 1 heterocycles. The maximum atomic E-state index is 12.5. The smallest absolute Gasteiger partial charge is 0.328 e. The van der Waals surface area contributed by atoms with Crippen molar-refractivity contribution in [3.8, 4) is 0 Å². The number of benzene rings is 1. The molecule has 0 saturated carbocycles. The first-order chi connectivity index (χ1) is 10.8. The van der Waals surface area contributed by atoms with Crippen LogP contribution in [0.5, 0.6) is 0 Å². The van der Waals surface area contributed by atoms with Gasteiger partial charge in [0.2, 0.25) is 0 Å². The van der Waals surface area contributed by atoms with Crippen LogP contribution in [-0.2, 0) is 9.53 Å². The number of hydrogen-bond donors (Lipinski definition) is 1. The van der Waals surface area contributed by atoms with Gasteiger partial charge in [0.15, 0.2) is 0 Å². The minimum absolute atomic E-state index is 0.127. The van der Waals surface area contributed by atoms with Gasteiger partial charge in [-0.05, 0) is 18.1 Å². The van der Waals surface area contributed by atoms with E-state index in [1.165, 1.54) is 18.4 Å². The van der Waals surface area contributed by atoms with E-state index in [0.717, 1.165) is 0 Å². The number of carbonyl (C=O) groups is 2. The number of halogens is 3. The van der Waals surface area contributed by atoms with Crippen molar-refractivity contribution < 1.29 is 14.3 Å². The molecule has 1 aromatic heterocycles. The van der Waals surface area contributed by atoms with Crippen molar-refractivity contribution in [1.29, 1.82) is 0 Å². The lowest BCUT2D eigenvalue weighted by Gasteiger charge is -2.19. The molecule has 1 aromatic carbocycles. The highest BCUT2D eigenvalue weighted by molar-refractivity contribution is 7.21. The minimum atomic E-state index is -0.757. The van der Waals surface area contributed by atoms with Crippen LogP contribution in [0.15, 0.2) is 12.1 Å². The Labute approximate surface area is 152 Å². The lowest BCUT2D eigenvalue weighted by molar-refractivity contribution is -0.144. The van der Waals surface area contributed by atoms with Crippen LogP contribution in [0.3, 0.4) is 0 Å². The number of hydrogen-bond acceptors (Lipinski definition) is 4. The average Bonchev–Trinajstić information content (AvgIpc) is 2.80. The lowest BCUT2D eigenvalue weighted by atomic mass is 10.0. The Kier molecular flexibility index (Phi) is 5.79. The van der Waals surface area contributed by atoms with Crippen molar-refractivity contribution in [1.82, 2.24) is 5.32 Å². The molecule has 1 amide bonds. The Morgan fingerprint density at radius 1 is 1.22 bits per heavy atom. The van der Waals surface area contributed by atoms with Gasteiger partial charge in [0.1, 0.15) is 10.9 Å². The van der Waals surface area contributed by atoms with Gasteiger partial charge in [-0.1, -0.05) is 48.7 Å². The quantitative estimate of drug-likeness (QED) is 0.759. The maximum Gasteiger partial charge on any atom is 0.328 e. The molecule has 0 saturated heterocycles. The first-order valence-corrected chi connectivity index (χ1v) is 8.67. The van der Waals surface area contributed by atoms with E-state index in [4.69, 9.17) is 39.5 Å². The zero-order valence-corrected chi connectivity index (χ0v) is 15.7. The van der Waals surface area contributed by atoms with E-state index < -0.39 is 17.9 Å². The Bertz CT molecular complexity index is 773. The fourth-order valence-corrected chi connectivity index (χ4v) is 4.37. The summed E-state index contributed by atoms with van der Waals surface area (Å²) in [6.45, 7) is 3.62. The van der Waals surface area contributed by atoms with Gasteiger partial charge in [0.05, 0.1) is 17.2 Å². The molecular formula is C15H14Cl3NO3S. The number of nitrogens with one attached hydrogen (secondary N) is 1. The number of ether oxygens (including phenoxy) is 1. The number of amides is 1. The van der Waals surface area contributed by atoms with Crippen molar-refractivity contribution in [2.75, 3.05) is 7.11 Å². The van der Waals surface area contributed by atoms with Gasteiger partial charge in [-0.3, -0.25) is 4.79 Å². The average molecular weight is 395 g/mol. The number of methoxy groups -OCH3 is 1. The summed E-state index contributed by atoms with van der Waals surface area (Å²) in [6, 6.07) is 2.50. The summed E-state index contributed by atoms with van der Waals surface area (Å²) in [5.41, 5.74) is 0. The molecule has 1 N–H and O–H groups in total. The lowest BCUT2D eigenvalue weighted by Crippen LogP contribution is -2.44. The Balaban J connectivity index is 2.40. The molecule has 0 radical (unpaired) electrons. The van der Waals surface area contributed by atoms with Crippen LogP contribution in [0.25, 0.3) is 10.1 Å². The van der Waals surface area contributed by atoms with E-state index in [-0.39, 0.29) is 15.8 Å². The fourth-order valence-electron chi connectivity index (χ4n) is 2.09. The molecule has 124 valence electrons. The molecule has 2 rings (SSSR count). The summed E-state index contributed by atoms with van der Waals surface area (Å²) in [6.07, 6.45) is 0. The van der Waals surface area contributed by atoms with Gasteiger partial charge in [-0.2, -0.15) is 0 Å². The topological polar surface area (TPSA) is 55.4 Å². The predicted molar refractivity (Wildman–Crippen MR) is 95.0 cm³/mol. The second-order valence-electron chi connectivity index (χ2n) is 5.22. The minimum Gasteiger partial charge on any atom is -0.467 e. The SMILES string of the molecule is COC(=O)[C@@H](NC(=O)c1sc2cc(Cl)cc(Cl)c2c1Cl)C(C)C. The molecule has 0 aliphatic rings. The monoisotopic (exact) mass is 393 g/mol. The van der Waals surface area contributed by atoms with Crippen LogP contribution in [0, 0.1) is 5.92 Å². The standard InChI is InChI=1S/C15H14Cl3NO3S/c1-6(2)12(15(21)22-3)19-14(20)13-11(18)10-8(17)4-7(16)5-9(10)23-13/h4-6,12H,1-3H3,(H,19,20)/t12-/m0/s1. The summed E-state index contributed by atoms with van der Waals surface area (Å²) >= 11 is 19.6. The zero-order chi connectivity index (χ0) is 17.3. The van der Waals surface area contributed by atoms with Crippen molar-refractivity contribution in [3.63, 3.8) is 0 Å². The third-order valence-corrected chi connectivity index (χ3v) is 5.41. The second kappa shape index (κ2) is 7.26. The highest BCUT2D eigenvalue weighted by atomic mass is 35.5. The van der Waals surface area contributed by atoms with E-state index in [1.54, 1.807) is 12.1 Å². The summed E-state index contributed by atoms with van der Waals surface area (Å²) in [5, 5.41) is 4.31. The molecule has 0 unspecified atom stereocenters. The van der Waals surface area contributed by atoms with E-state index >= 15 is 0 Å². The van der Waals surface area contributed by atoms with Crippen LogP contribution in [0.4, 0.5) is 0 Å². The highest BCUT2D eigenvalue weighted by Gasteiger charge is 2.28. The van der Waals surface area contributed by atoms with Crippen molar-refractivity contribution in [2.24, 2.45) is 5.92 Å². The Morgan fingerprint density at radius 3 is 2.43 bits per heavy atom. The highest BCUT2D eigenvalue weighted by Crippen LogP contribution is 2.41. The number of thiophene rings is 1. The molecule has 0 fully saturated rings. The van der Waals surface area contributed by atoms with Gasteiger partial charge in [-0.15, -0.1) is 11.3 Å². The van der Waals surface area contributed by atoms with Crippen LogP contribution in [-0.4, -0.2) is 25.0 Å². The van der Waals surface area contributed by atoms with E-state index in [1.807, 2.05) is 13.8 Å². The largest absolute Gasteiger partial charge is 0.467 e. The number of carbonyl (C=O) groups excluding carboxylic acids is 2. The van der Waals surface area contributed by atoms with E-state index in [2.05, 4.69) is 5.32 Å². The third kappa shape index (κ3) is 3.74. The summed E-state index contributed by atoms with van der Waals surface area (Å²) < 4.78 is 5.42. The molecule has 0 spiro atoms. The molecular weight excluding hydrogens is 381 g/mol. The van der Waals surface area contributed by atoms with Crippen LogP contribution in [0.1, 0.15) is 23.5 Å². The van der Waals surface area contributed by atoms with Crippen LogP contribution >= 0.6 is 46.1 Å². The van der Waals surface area contributed by atoms with Gasteiger partial charge < -0.3 is 10.1 Å². The van der Waals surface area contributed by atoms with Crippen LogP contribution in [0.2, 0.25) is 15.1 Å². The molecule has 0 aliphatic heterocycles. The first-order valence-electron chi connectivity index (χ1n) is 6.72. The third-order valence-electron chi connectivity index (χ3n) is 3.26. The van der Waals surface area contributed by atoms with Crippen molar-refractivity contribution >= 4 is 68.1 Å². The molecule has 0 bridgehead atoms. The van der Waals surface area contributed by atoms with Crippen LogP contribution < -0.4 is 5.32 Å². The number of rotatable bonds is 4. The molecule has 4 nitrogen and oxygen atoms in total. The van der Waals surface area contributed by atoms with Gasteiger partial charge in [0, 0.05) is 15.1 Å². The zero-order valence-electron chi connectivity index (χ0n) is 12.6. The summed E-state index contributed by atoms with van der Waals surface area (Å²) in [7, 11) is 1.28. The normalized spacial score (nSPS) is 12.5. The van der Waals surface area contributed by atoms with Gasteiger partial charge >= 0.3 is 5.97 Å². The molecule has 1 atom stereocenters. The fraction of sp³-hybridized carbons (Fsp3) is 0.333. The summed E-state index contributed by atoms with van der Waals surface area (Å²) in [4.78, 5) is 24.5. The Hall–Kier alpha value is -1.01. The first kappa shape index (κ1) is 18.3. The van der Waals surface area contributed by atoms with Crippen molar-refractivity contribution in [2.45, 2.75) is 19.9 Å². The van der Waals surface area contributed by atoms with E-state index in [0.29, 0.717) is 20.1 Å². The Morgan fingerprint density at radius 2 is 1.87 bits per heavy atom. The molecule has 23 heavy (non-hydrogen) atoms. The van der Waals surface area contributed by atoms with Gasteiger partial charge in [-0.25, -0.2) is 4.79 Å². The molecule has 2 aromatic rings. The summed E-state index contributed by atoms with van der Waals surface area (Å²) in [5.74, 6) is -1.09. The predicted octanol–water partition coefficient (Wildman–Crippen LogP) is 4.79.